The number of hydrogen-bond acceptors (Lipinski definition) is 10. The molecular weight excluding hydrogens is 606 g/mol. The Balaban J connectivity index is 1.62. The lowest BCUT2D eigenvalue weighted by atomic mass is 9.46. The van der Waals surface area contributed by atoms with Gasteiger partial charge in [0.05, 0.1) is 24.3 Å². The summed E-state index contributed by atoms with van der Waals surface area (Å²) in [7, 11) is 0. The second kappa shape index (κ2) is 12.3. The summed E-state index contributed by atoms with van der Waals surface area (Å²) in [4.78, 5) is 53.5. The first-order valence-electron chi connectivity index (χ1n) is 16.2. The van der Waals surface area contributed by atoms with Crippen LogP contribution in [0.25, 0.3) is 0 Å². The van der Waals surface area contributed by atoms with E-state index < -0.39 is 76.3 Å². The summed E-state index contributed by atoms with van der Waals surface area (Å²) in [6, 6.07) is 7.20. The first-order chi connectivity index (χ1) is 21.9. The highest BCUT2D eigenvalue weighted by Gasteiger charge is 2.73. The van der Waals surface area contributed by atoms with Crippen molar-refractivity contribution in [1.29, 1.82) is 0 Å². The Kier molecular flexibility index (Phi) is 9.11. The molecule has 11 nitrogen and oxygen atoms in total. The van der Waals surface area contributed by atoms with Crippen molar-refractivity contribution in [3.63, 3.8) is 0 Å². The van der Waals surface area contributed by atoms with Gasteiger partial charge in [-0.1, -0.05) is 56.2 Å². The van der Waals surface area contributed by atoms with Crippen molar-refractivity contribution >= 4 is 23.6 Å². The van der Waals surface area contributed by atoms with Gasteiger partial charge < -0.3 is 34.8 Å². The molecule has 11 heteroatoms. The van der Waals surface area contributed by atoms with Crippen molar-refractivity contribution in [3.05, 3.63) is 58.7 Å². The Bertz CT molecular complexity index is 1510. The van der Waals surface area contributed by atoms with Gasteiger partial charge in [-0.15, -0.1) is 0 Å². The third-order valence-electron chi connectivity index (χ3n) is 11.2. The number of hydrogen-bond donors (Lipinski definition) is 4. The summed E-state index contributed by atoms with van der Waals surface area (Å²) in [5.74, 6) is -3.47. The lowest BCUT2D eigenvalue weighted by Gasteiger charge is -2.65. The molecule has 1 aromatic carbocycles. The second-order valence-electron chi connectivity index (χ2n) is 14.8. The normalized spacial score (nSPS) is 35.4. The fourth-order valence-electron chi connectivity index (χ4n) is 8.37. The van der Waals surface area contributed by atoms with Gasteiger partial charge in [0.25, 0.3) is 0 Å². The van der Waals surface area contributed by atoms with Gasteiger partial charge in [0.1, 0.15) is 29.2 Å². The lowest BCUT2D eigenvalue weighted by molar-refractivity contribution is -0.328. The molecule has 1 aromatic rings. The van der Waals surface area contributed by atoms with Gasteiger partial charge in [0.15, 0.2) is 6.10 Å². The zero-order valence-corrected chi connectivity index (χ0v) is 28.2. The Morgan fingerprint density at radius 1 is 1.06 bits per heavy atom. The quantitative estimate of drug-likeness (QED) is 0.254. The van der Waals surface area contributed by atoms with Gasteiger partial charge in [-0.05, 0) is 51.3 Å². The van der Waals surface area contributed by atoms with Crippen LogP contribution < -0.4 is 5.32 Å². The molecule has 2 saturated carbocycles. The first kappa shape index (κ1) is 34.9. The number of carbonyl (C=O) groups is 4. The highest BCUT2D eigenvalue weighted by molar-refractivity contribution is 5.91. The van der Waals surface area contributed by atoms with Crippen LogP contribution in [0.1, 0.15) is 84.5 Å². The summed E-state index contributed by atoms with van der Waals surface area (Å²) >= 11 is 0. The van der Waals surface area contributed by atoms with Crippen LogP contribution in [-0.4, -0.2) is 87.2 Å². The van der Waals surface area contributed by atoms with Gasteiger partial charge >= 0.3 is 11.9 Å². The van der Waals surface area contributed by atoms with E-state index >= 15 is 0 Å². The minimum atomic E-state index is -1.96. The van der Waals surface area contributed by atoms with E-state index in [1.54, 1.807) is 78.0 Å². The first-order valence-corrected chi connectivity index (χ1v) is 16.2. The molecular formula is C36H47NO10. The summed E-state index contributed by atoms with van der Waals surface area (Å²) in [6.07, 6.45) is -2.96. The van der Waals surface area contributed by atoms with Crippen LogP contribution in [0.3, 0.4) is 0 Å². The molecule has 0 aromatic heterocycles. The molecule has 8 unspecified atom stereocenters. The number of aliphatic hydroxyl groups is 3. The predicted octanol–water partition coefficient (Wildman–Crippen LogP) is 2.95. The largest absolute Gasteiger partial charge is 0.456 e. The van der Waals surface area contributed by atoms with Crippen LogP contribution in [0.4, 0.5) is 0 Å². The topological polar surface area (TPSA) is 169 Å². The molecule has 1 aliphatic heterocycles. The number of Topliss-reactive ketones (excluding diaryl/α,β-unsaturated/α-hetero) is 1. The molecule has 47 heavy (non-hydrogen) atoms. The van der Waals surface area contributed by atoms with E-state index in [9.17, 15) is 34.5 Å². The average Bonchev–Trinajstić information content (AvgIpc) is 2.99. The average molecular weight is 654 g/mol. The van der Waals surface area contributed by atoms with Gasteiger partial charge in [-0.3, -0.25) is 9.59 Å². The van der Waals surface area contributed by atoms with E-state index in [-0.39, 0.29) is 30.8 Å². The predicted molar refractivity (Wildman–Crippen MR) is 170 cm³/mol. The number of rotatable bonds is 7. The number of benzene rings is 1. The van der Waals surface area contributed by atoms with Gasteiger partial charge in [-0.25, -0.2) is 9.59 Å². The lowest BCUT2D eigenvalue weighted by Crippen LogP contribution is -2.77. The van der Waals surface area contributed by atoms with Crippen LogP contribution in [0, 0.1) is 16.7 Å². The molecule has 1 heterocycles. The zero-order chi connectivity index (χ0) is 34.7. The number of ether oxygens (including phenoxy) is 3. The van der Waals surface area contributed by atoms with Crippen molar-refractivity contribution in [3.8, 4) is 0 Å². The summed E-state index contributed by atoms with van der Waals surface area (Å²) in [5, 5.41) is 38.8. The monoisotopic (exact) mass is 653 g/mol. The maximum atomic E-state index is 14.4. The molecule has 3 aliphatic carbocycles. The molecule has 4 aliphatic rings. The van der Waals surface area contributed by atoms with E-state index in [2.05, 4.69) is 5.32 Å². The Labute approximate surface area is 275 Å². The molecule has 3 fully saturated rings. The summed E-state index contributed by atoms with van der Waals surface area (Å²) in [5.41, 5.74) is -3.84. The fourth-order valence-corrected chi connectivity index (χ4v) is 8.37. The van der Waals surface area contributed by atoms with Crippen LogP contribution in [-0.2, 0) is 28.6 Å². The molecule has 9 atom stereocenters. The molecule has 1 saturated heterocycles. The van der Waals surface area contributed by atoms with Crippen LogP contribution in [0.15, 0.2) is 53.1 Å². The van der Waals surface area contributed by atoms with E-state index in [4.69, 9.17) is 14.2 Å². The van der Waals surface area contributed by atoms with Crippen molar-refractivity contribution in [2.75, 3.05) is 6.61 Å². The molecule has 256 valence electrons. The Morgan fingerprint density at radius 2 is 1.72 bits per heavy atom. The van der Waals surface area contributed by atoms with Crippen molar-refractivity contribution < 1.29 is 48.7 Å². The maximum Gasteiger partial charge on any atom is 0.338 e. The van der Waals surface area contributed by atoms with E-state index in [1.807, 2.05) is 0 Å². The van der Waals surface area contributed by atoms with Crippen LogP contribution >= 0.6 is 0 Å². The molecule has 4 N–H and O–H groups in total. The Morgan fingerprint density at radius 3 is 2.30 bits per heavy atom. The number of amides is 1. The van der Waals surface area contributed by atoms with Gasteiger partial charge in [0.2, 0.25) is 5.91 Å². The van der Waals surface area contributed by atoms with Crippen molar-refractivity contribution in [2.24, 2.45) is 16.7 Å². The van der Waals surface area contributed by atoms with Crippen LogP contribution in [0.5, 0.6) is 0 Å². The third kappa shape index (κ3) is 5.75. The number of ketones is 1. The second-order valence-corrected chi connectivity index (χ2v) is 14.8. The van der Waals surface area contributed by atoms with Crippen molar-refractivity contribution in [2.45, 2.75) is 116 Å². The minimum absolute atomic E-state index is 0.0853. The van der Waals surface area contributed by atoms with E-state index in [0.717, 1.165) is 5.57 Å². The van der Waals surface area contributed by atoms with E-state index in [0.29, 0.717) is 24.0 Å². The summed E-state index contributed by atoms with van der Waals surface area (Å²) in [6.45, 7) is 11.7. The van der Waals surface area contributed by atoms with Crippen LogP contribution in [0.2, 0.25) is 0 Å². The molecule has 0 spiro atoms. The van der Waals surface area contributed by atoms with E-state index in [1.165, 1.54) is 6.92 Å². The molecule has 0 radical (unpaired) electrons. The van der Waals surface area contributed by atoms with Crippen molar-refractivity contribution in [1.82, 2.24) is 5.32 Å². The number of nitrogens with one attached hydrogen (secondary N) is 1. The smallest absolute Gasteiger partial charge is 0.338 e. The highest BCUT2D eigenvalue weighted by atomic mass is 16.6. The number of carbonyl (C=O) groups excluding carboxylic acids is 4. The zero-order valence-electron chi connectivity index (χ0n) is 28.2. The summed E-state index contributed by atoms with van der Waals surface area (Å²) < 4.78 is 17.9. The number of fused-ring (bicyclic) bond motifs is 5. The SMILES string of the molecule is CC(=O)NC(C=C(C)C)C(O)C(=O)OC1CC2(O)C(OC(=O)c3ccccc3)C3C4(O)COC4CC[C@@]3(C)C(=O)CC(=C1C)C2(C)C. The van der Waals surface area contributed by atoms with Gasteiger partial charge in [-0.2, -0.15) is 0 Å². The molecule has 2 bridgehead atoms. The number of allylic oxidation sites excluding steroid dienone is 1. The minimum Gasteiger partial charge on any atom is -0.456 e. The molecule has 1 amide bonds. The third-order valence-corrected chi connectivity index (χ3v) is 11.2. The number of aliphatic hydroxyl groups excluding tert-OH is 1. The molecule has 5 rings (SSSR count). The van der Waals surface area contributed by atoms with Gasteiger partial charge in [0, 0.05) is 36.5 Å². The standard InChI is InChI=1S/C36H47NO10/c1-19(2)15-24(37-21(4)38)28(40)32(42)46-25-17-36(44)30(47-31(41)22-11-9-8-10-12-22)29-34(7,14-13-27-35(29,43)18-45-27)26(39)16-23(20(25)3)33(36,5)6/h8-12,15,24-25,27-30,40,43-44H,13-14,16-18H2,1-7H3,(H,37,38)/t24?,25?,27?,28?,29?,30?,34-,35?,36?/m0/s1. The number of esters is 2. The Hall–Kier alpha value is -3.38. The fraction of sp³-hybridized carbons (Fsp3) is 0.611. The maximum absolute atomic E-state index is 14.4. The highest BCUT2D eigenvalue weighted by Crippen LogP contribution is 2.63.